The molecule has 0 aromatic heterocycles. The number of ether oxygens (including phenoxy) is 2. The lowest BCUT2D eigenvalue weighted by molar-refractivity contribution is -0.162. The summed E-state index contributed by atoms with van der Waals surface area (Å²) in [6.45, 7) is 6.51. The van der Waals surface area contributed by atoms with Gasteiger partial charge in [-0.2, -0.15) is 0 Å². The van der Waals surface area contributed by atoms with E-state index in [4.69, 9.17) is 9.47 Å². The highest BCUT2D eigenvalue weighted by Crippen LogP contribution is 2.32. The van der Waals surface area contributed by atoms with Crippen LogP contribution >= 0.6 is 0 Å². The first-order valence-corrected chi connectivity index (χ1v) is 12.6. The molecule has 0 N–H and O–H groups in total. The summed E-state index contributed by atoms with van der Waals surface area (Å²) in [5, 5.41) is 0. The summed E-state index contributed by atoms with van der Waals surface area (Å²) in [7, 11) is 0. The maximum absolute atomic E-state index is 12.5. The van der Waals surface area contributed by atoms with E-state index in [1.54, 1.807) is 6.08 Å². The Hall–Kier alpha value is -1.32. The van der Waals surface area contributed by atoms with Gasteiger partial charge in [-0.25, -0.2) is 0 Å². The van der Waals surface area contributed by atoms with Gasteiger partial charge in [0.1, 0.15) is 6.61 Å². The van der Waals surface area contributed by atoms with E-state index in [2.05, 4.69) is 13.5 Å². The average molecular weight is 423 g/mol. The second-order valence-corrected chi connectivity index (χ2v) is 8.83. The lowest BCUT2D eigenvalue weighted by atomic mass is 9.79. The van der Waals surface area contributed by atoms with Gasteiger partial charge in [-0.1, -0.05) is 109 Å². The van der Waals surface area contributed by atoms with Gasteiger partial charge in [-0.15, -0.1) is 0 Å². The molecule has 0 radical (unpaired) electrons. The van der Waals surface area contributed by atoms with Gasteiger partial charge in [0.05, 0.1) is 18.4 Å². The van der Waals surface area contributed by atoms with Crippen LogP contribution in [0.5, 0.6) is 0 Å². The molecule has 1 fully saturated rings. The Morgan fingerprint density at radius 1 is 0.733 bits per heavy atom. The fourth-order valence-electron chi connectivity index (χ4n) is 4.34. The summed E-state index contributed by atoms with van der Waals surface area (Å²) < 4.78 is 10.7. The zero-order chi connectivity index (χ0) is 21.9. The smallest absolute Gasteiger partial charge is 0.310 e. The zero-order valence-electron chi connectivity index (χ0n) is 19.5. The zero-order valence-corrected chi connectivity index (χ0v) is 19.5. The van der Waals surface area contributed by atoms with E-state index in [0.29, 0.717) is 13.0 Å². The molecule has 1 aliphatic rings. The van der Waals surface area contributed by atoms with Crippen LogP contribution in [0.3, 0.4) is 0 Å². The predicted octanol–water partition coefficient (Wildman–Crippen LogP) is 7.16. The number of carbonyl (C=O) groups is 2. The largest absolute Gasteiger partial charge is 0.465 e. The van der Waals surface area contributed by atoms with Crippen LogP contribution in [0.4, 0.5) is 0 Å². The fraction of sp³-hybridized carbons (Fsp3) is 0.846. The average Bonchev–Trinajstić information content (AvgIpc) is 2.77. The molecular formula is C26H46O4. The molecule has 30 heavy (non-hydrogen) atoms. The Morgan fingerprint density at radius 3 is 1.63 bits per heavy atom. The van der Waals surface area contributed by atoms with Crippen LogP contribution in [-0.2, 0) is 19.1 Å². The molecule has 2 unspecified atom stereocenters. The number of unbranched alkanes of at least 4 members (excludes halogenated alkanes) is 12. The first kappa shape index (κ1) is 26.7. The van der Waals surface area contributed by atoms with E-state index in [-0.39, 0.29) is 30.4 Å². The topological polar surface area (TPSA) is 52.6 Å². The molecular weight excluding hydrogens is 376 g/mol. The molecule has 0 saturated heterocycles. The van der Waals surface area contributed by atoms with Crippen molar-refractivity contribution in [3.8, 4) is 0 Å². The lowest BCUT2D eigenvalue weighted by Crippen LogP contribution is -2.35. The third-order valence-corrected chi connectivity index (χ3v) is 6.21. The van der Waals surface area contributed by atoms with Gasteiger partial charge >= 0.3 is 11.9 Å². The molecule has 0 aromatic carbocycles. The molecule has 0 aromatic rings. The molecule has 4 heteroatoms. The number of esters is 2. The van der Waals surface area contributed by atoms with Crippen LogP contribution in [0.1, 0.15) is 116 Å². The van der Waals surface area contributed by atoms with Crippen molar-refractivity contribution < 1.29 is 19.1 Å². The molecule has 0 aliphatic heterocycles. The van der Waals surface area contributed by atoms with Gasteiger partial charge in [-0.05, 0) is 19.3 Å². The molecule has 0 bridgehead atoms. The Balaban J connectivity index is 2.01. The molecule has 4 nitrogen and oxygen atoms in total. The van der Waals surface area contributed by atoms with Gasteiger partial charge in [0.25, 0.3) is 0 Å². The number of hydrogen-bond donors (Lipinski definition) is 0. The molecule has 174 valence electrons. The van der Waals surface area contributed by atoms with E-state index < -0.39 is 0 Å². The predicted molar refractivity (Wildman–Crippen MR) is 123 cm³/mol. The Bertz CT molecular complexity index is 460. The van der Waals surface area contributed by atoms with E-state index in [9.17, 15) is 9.59 Å². The monoisotopic (exact) mass is 422 g/mol. The fourth-order valence-corrected chi connectivity index (χ4v) is 4.34. The number of carbonyl (C=O) groups excluding carboxylic acids is 2. The van der Waals surface area contributed by atoms with E-state index in [1.807, 2.05) is 0 Å². The molecule has 0 amide bonds. The van der Waals surface area contributed by atoms with Gasteiger partial charge in [-0.3, -0.25) is 9.59 Å². The lowest BCUT2D eigenvalue weighted by Gasteiger charge is -2.28. The van der Waals surface area contributed by atoms with Crippen molar-refractivity contribution in [3.63, 3.8) is 0 Å². The standard InChI is InChI=1S/C26H46O4/c1-3-5-6-7-8-9-10-11-12-13-14-15-18-22-30-26(28)24-20-17-16-19-23(24)25(27)29-21-4-2/h4,23-24H,2-3,5-22H2,1H3. The molecule has 1 saturated carbocycles. The van der Waals surface area contributed by atoms with Crippen LogP contribution in [0, 0.1) is 11.8 Å². The van der Waals surface area contributed by atoms with E-state index in [0.717, 1.165) is 32.1 Å². The molecule has 0 heterocycles. The summed E-state index contributed by atoms with van der Waals surface area (Å²) in [5.74, 6) is -1.18. The molecule has 1 aliphatic carbocycles. The highest BCUT2D eigenvalue weighted by molar-refractivity contribution is 5.82. The first-order valence-electron chi connectivity index (χ1n) is 12.6. The molecule has 1 rings (SSSR count). The van der Waals surface area contributed by atoms with E-state index >= 15 is 0 Å². The van der Waals surface area contributed by atoms with Gasteiger partial charge < -0.3 is 9.47 Å². The SMILES string of the molecule is C=CCOC(=O)C1CCCCC1C(=O)OCCCCCCCCCCCCCCC. The van der Waals surface area contributed by atoms with Crippen LogP contribution < -0.4 is 0 Å². The minimum absolute atomic E-state index is 0.204. The van der Waals surface area contributed by atoms with Crippen LogP contribution in [0.2, 0.25) is 0 Å². The van der Waals surface area contributed by atoms with E-state index in [1.165, 1.54) is 70.6 Å². The Kier molecular flexibility index (Phi) is 16.4. The Morgan fingerprint density at radius 2 is 1.17 bits per heavy atom. The second-order valence-electron chi connectivity index (χ2n) is 8.83. The summed E-state index contributed by atoms with van der Waals surface area (Å²) in [6.07, 6.45) is 21.8. The van der Waals surface area contributed by atoms with Crippen LogP contribution in [0.25, 0.3) is 0 Å². The van der Waals surface area contributed by atoms with Crippen LogP contribution in [-0.4, -0.2) is 25.2 Å². The first-order chi connectivity index (χ1) is 14.7. The van der Waals surface area contributed by atoms with Crippen molar-refractivity contribution >= 4 is 11.9 Å². The highest BCUT2D eigenvalue weighted by atomic mass is 16.5. The normalized spacial score (nSPS) is 18.7. The third kappa shape index (κ3) is 12.4. The van der Waals surface area contributed by atoms with Crippen molar-refractivity contribution in [3.05, 3.63) is 12.7 Å². The minimum Gasteiger partial charge on any atom is -0.465 e. The van der Waals surface area contributed by atoms with Crippen molar-refractivity contribution in [1.82, 2.24) is 0 Å². The van der Waals surface area contributed by atoms with Gasteiger partial charge in [0, 0.05) is 0 Å². The summed E-state index contributed by atoms with van der Waals surface area (Å²) in [6, 6.07) is 0. The van der Waals surface area contributed by atoms with Gasteiger partial charge in [0.15, 0.2) is 0 Å². The van der Waals surface area contributed by atoms with Gasteiger partial charge in [0.2, 0.25) is 0 Å². The van der Waals surface area contributed by atoms with Crippen molar-refractivity contribution in [2.75, 3.05) is 13.2 Å². The minimum atomic E-state index is -0.349. The number of rotatable bonds is 18. The summed E-state index contributed by atoms with van der Waals surface area (Å²) in [5.41, 5.74) is 0. The maximum atomic E-state index is 12.5. The van der Waals surface area contributed by atoms with Crippen LogP contribution in [0.15, 0.2) is 12.7 Å². The highest BCUT2D eigenvalue weighted by Gasteiger charge is 2.37. The number of hydrogen-bond acceptors (Lipinski definition) is 4. The summed E-state index contributed by atoms with van der Waals surface area (Å²) in [4.78, 5) is 24.7. The molecule has 2 atom stereocenters. The summed E-state index contributed by atoms with van der Waals surface area (Å²) >= 11 is 0. The van der Waals surface area contributed by atoms with Crippen molar-refractivity contribution in [2.45, 2.75) is 116 Å². The Labute approximate surface area is 185 Å². The maximum Gasteiger partial charge on any atom is 0.310 e. The second kappa shape index (κ2) is 18.4. The van der Waals surface area contributed by atoms with Crippen molar-refractivity contribution in [1.29, 1.82) is 0 Å². The third-order valence-electron chi connectivity index (χ3n) is 6.21. The molecule has 0 spiro atoms. The van der Waals surface area contributed by atoms with Crippen molar-refractivity contribution in [2.24, 2.45) is 11.8 Å². The quantitative estimate of drug-likeness (QED) is 0.134.